The Kier molecular flexibility index (Phi) is 5.43. The number of nitrogens with zero attached hydrogens (tertiary/aromatic N) is 2. The molecule has 0 aliphatic rings. The summed E-state index contributed by atoms with van der Waals surface area (Å²) in [5, 5.41) is 8.61. The molecule has 1 rings (SSSR count). The second kappa shape index (κ2) is 6.83. The van der Waals surface area contributed by atoms with E-state index in [-0.39, 0.29) is 30.1 Å². The Hall–Kier alpha value is -1.96. The van der Waals surface area contributed by atoms with E-state index in [0.29, 0.717) is 12.8 Å². The van der Waals surface area contributed by atoms with E-state index in [0.717, 1.165) is 12.1 Å². The summed E-state index contributed by atoms with van der Waals surface area (Å²) in [4.78, 5) is 12.1. The molecule has 0 fully saturated rings. The number of nitriles is 1. The van der Waals surface area contributed by atoms with Crippen molar-refractivity contribution in [2.24, 2.45) is 5.92 Å². The Balaban J connectivity index is 3.14. The first-order valence-electron chi connectivity index (χ1n) is 6.05. The molecule has 102 valence electrons. The number of rotatable bonds is 6. The maximum atomic E-state index is 13.9. The first-order chi connectivity index (χ1) is 8.99. The van der Waals surface area contributed by atoms with Gasteiger partial charge in [0.15, 0.2) is 0 Å². The molecule has 0 N–H and O–H groups in total. The molecular weight excluding hydrogens is 250 g/mol. The van der Waals surface area contributed by atoms with E-state index < -0.39 is 11.6 Å². The zero-order valence-corrected chi connectivity index (χ0v) is 11.0. The number of halogens is 2. The lowest BCUT2D eigenvalue weighted by molar-refractivity contribution is 0.112. The van der Waals surface area contributed by atoms with Crippen LogP contribution in [0.1, 0.15) is 30.6 Å². The third-order valence-electron chi connectivity index (χ3n) is 2.57. The quantitative estimate of drug-likeness (QED) is 0.743. The largest absolute Gasteiger partial charge is 0.366 e. The van der Waals surface area contributed by atoms with Crippen molar-refractivity contribution in [1.82, 2.24) is 0 Å². The van der Waals surface area contributed by atoms with Crippen LogP contribution in [0, 0.1) is 28.9 Å². The van der Waals surface area contributed by atoms with Crippen LogP contribution in [0.25, 0.3) is 0 Å². The molecule has 5 heteroatoms. The van der Waals surface area contributed by atoms with Crippen molar-refractivity contribution in [3.8, 4) is 6.07 Å². The minimum absolute atomic E-state index is 0.0384. The highest BCUT2D eigenvalue weighted by Gasteiger charge is 2.18. The minimum atomic E-state index is -0.777. The molecule has 0 unspecified atom stereocenters. The molecule has 0 aliphatic carbocycles. The molecule has 1 aromatic rings. The van der Waals surface area contributed by atoms with E-state index in [4.69, 9.17) is 5.26 Å². The average molecular weight is 266 g/mol. The second-order valence-corrected chi connectivity index (χ2v) is 4.70. The summed E-state index contributed by atoms with van der Waals surface area (Å²) in [5.41, 5.74) is -0.210. The zero-order chi connectivity index (χ0) is 14.4. The second-order valence-electron chi connectivity index (χ2n) is 4.70. The minimum Gasteiger partial charge on any atom is -0.366 e. The maximum absolute atomic E-state index is 13.9. The van der Waals surface area contributed by atoms with Gasteiger partial charge in [-0.1, -0.05) is 13.8 Å². The van der Waals surface area contributed by atoms with Crippen LogP contribution in [0.3, 0.4) is 0 Å². The molecule has 0 bridgehead atoms. The fourth-order valence-electron chi connectivity index (χ4n) is 1.88. The molecule has 19 heavy (non-hydrogen) atoms. The normalized spacial score (nSPS) is 10.3. The van der Waals surface area contributed by atoms with Crippen LogP contribution in [-0.2, 0) is 0 Å². The fraction of sp³-hybridized carbons (Fsp3) is 0.429. The Labute approximate surface area is 111 Å². The van der Waals surface area contributed by atoms with E-state index in [1.165, 1.54) is 4.90 Å². The molecule has 0 heterocycles. The van der Waals surface area contributed by atoms with Crippen molar-refractivity contribution in [2.45, 2.75) is 20.3 Å². The summed E-state index contributed by atoms with van der Waals surface area (Å²) in [5.74, 6) is -1.36. The Bertz CT molecular complexity index is 472. The smallest absolute Gasteiger partial charge is 0.150 e. The molecule has 0 spiro atoms. The van der Waals surface area contributed by atoms with Gasteiger partial charge in [0.1, 0.15) is 23.6 Å². The molecule has 0 radical (unpaired) electrons. The Morgan fingerprint density at radius 1 is 1.37 bits per heavy atom. The van der Waals surface area contributed by atoms with E-state index in [1.807, 2.05) is 19.9 Å². The highest BCUT2D eigenvalue weighted by atomic mass is 19.1. The van der Waals surface area contributed by atoms with Crippen molar-refractivity contribution >= 4 is 12.0 Å². The number of benzene rings is 1. The van der Waals surface area contributed by atoms with Gasteiger partial charge in [-0.15, -0.1) is 0 Å². The van der Waals surface area contributed by atoms with Gasteiger partial charge in [0.25, 0.3) is 0 Å². The number of carbonyl (C=O) groups is 1. The number of hydrogen-bond acceptors (Lipinski definition) is 3. The molecule has 0 aromatic heterocycles. The van der Waals surface area contributed by atoms with Crippen molar-refractivity contribution in [1.29, 1.82) is 5.26 Å². The predicted octanol–water partition coefficient (Wildman–Crippen LogP) is 3.15. The first kappa shape index (κ1) is 15.1. The number of carbonyl (C=O) groups excluding carboxylic acids is 1. The van der Waals surface area contributed by atoms with E-state index in [1.54, 1.807) is 0 Å². The summed E-state index contributed by atoms with van der Waals surface area (Å²) < 4.78 is 27.8. The first-order valence-corrected chi connectivity index (χ1v) is 6.05. The topological polar surface area (TPSA) is 44.1 Å². The van der Waals surface area contributed by atoms with Gasteiger partial charge in [-0.2, -0.15) is 5.26 Å². The monoisotopic (exact) mass is 266 g/mol. The summed E-state index contributed by atoms with van der Waals surface area (Å²) in [6, 6.07) is 3.97. The standard InChI is InChI=1S/C14H16F2N2O/c1-10(2)8-18(5-3-4-17)14-12(15)6-11(9-19)7-13(14)16/h6-7,9-10H,3,5,8H2,1-2H3. The van der Waals surface area contributed by atoms with Crippen molar-refractivity contribution in [3.63, 3.8) is 0 Å². The summed E-state index contributed by atoms with van der Waals surface area (Å²) in [6.45, 7) is 4.54. The van der Waals surface area contributed by atoms with Crippen LogP contribution in [0.15, 0.2) is 12.1 Å². The highest BCUT2D eigenvalue weighted by Crippen LogP contribution is 2.25. The van der Waals surface area contributed by atoms with Crippen LogP contribution in [0.5, 0.6) is 0 Å². The molecule has 1 aromatic carbocycles. The lowest BCUT2D eigenvalue weighted by Crippen LogP contribution is -2.30. The molecule has 0 amide bonds. The SMILES string of the molecule is CC(C)CN(CCC#N)c1c(F)cc(C=O)cc1F. The fourth-order valence-corrected chi connectivity index (χ4v) is 1.88. The van der Waals surface area contributed by atoms with Gasteiger partial charge in [0.05, 0.1) is 12.5 Å². The Morgan fingerprint density at radius 3 is 2.37 bits per heavy atom. The van der Waals surface area contributed by atoms with Crippen LogP contribution >= 0.6 is 0 Å². The van der Waals surface area contributed by atoms with Crippen LogP contribution in [0.4, 0.5) is 14.5 Å². The third-order valence-corrected chi connectivity index (χ3v) is 2.57. The summed E-state index contributed by atoms with van der Waals surface area (Å²) >= 11 is 0. The van der Waals surface area contributed by atoms with Crippen LogP contribution < -0.4 is 4.90 Å². The maximum Gasteiger partial charge on any atom is 0.150 e. The van der Waals surface area contributed by atoms with E-state index in [2.05, 4.69) is 0 Å². The molecule has 0 atom stereocenters. The van der Waals surface area contributed by atoms with Gasteiger partial charge in [0, 0.05) is 18.7 Å². The Morgan fingerprint density at radius 2 is 1.95 bits per heavy atom. The van der Waals surface area contributed by atoms with Gasteiger partial charge in [-0.25, -0.2) is 8.78 Å². The average Bonchev–Trinajstić information content (AvgIpc) is 2.33. The van der Waals surface area contributed by atoms with Gasteiger partial charge < -0.3 is 4.90 Å². The summed E-state index contributed by atoms with van der Waals surface area (Å²) in [7, 11) is 0. The van der Waals surface area contributed by atoms with E-state index in [9.17, 15) is 13.6 Å². The third kappa shape index (κ3) is 4.02. The van der Waals surface area contributed by atoms with Crippen molar-refractivity contribution in [2.75, 3.05) is 18.0 Å². The van der Waals surface area contributed by atoms with Gasteiger partial charge in [0.2, 0.25) is 0 Å². The summed E-state index contributed by atoms with van der Waals surface area (Å²) in [6.07, 6.45) is 0.582. The van der Waals surface area contributed by atoms with Crippen molar-refractivity contribution in [3.05, 3.63) is 29.3 Å². The lowest BCUT2D eigenvalue weighted by Gasteiger charge is -2.26. The lowest BCUT2D eigenvalue weighted by atomic mass is 10.1. The van der Waals surface area contributed by atoms with Gasteiger partial charge >= 0.3 is 0 Å². The number of hydrogen-bond donors (Lipinski definition) is 0. The molecule has 0 saturated heterocycles. The van der Waals surface area contributed by atoms with E-state index >= 15 is 0 Å². The molecule has 0 saturated carbocycles. The van der Waals surface area contributed by atoms with Crippen LogP contribution in [0.2, 0.25) is 0 Å². The zero-order valence-electron chi connectivity index (χ0n) is 11.0. The van der Waals surface area contributed by atoms with Gasteiger partial charge in [-0.05, 0) is 18.1 Å². The molecule has 3 nitrogen and oxygen atoms in total. The van der Waals surface area contributed by atoms with Gasteiger partial charge in [-0.3, -0.25) is 4.79 Å². The predicted molar refractivity (Wildman–Crippen MR) is 69.0 cm³/mol. The molecule has 0 aliphatic heterocycles. The number of anilines is 1. The highest BCUT2D eigenvalue weighted by molar-refractivity contribution is 5.76. The number of aldehydes is 1. The molecular formula is C14H16F2N2O. The van der Waals surface area contributed by atoms with Crippen molar-refractivity contribution < 1.29 is 13.6 Å². The van der Waals surface area contributed by atoms with Crippen LogP contribution in [-0.4, -0.2) is 19.4 Å².